The summed E-state index contributed by atoms with van der Waals surface area (Å²) in [5.41, 5.74) is 0.108. The molecule has 1 aromatic carbocycles. The summed E-state index contributed by atoms with van der Waals surface area (Å²) in [5.74, 6) is -0.941. The van der Waals surface area contributed by atoms with Crippen molar-refractivity contribution < 1.29 is 27.6 Å². The van der Waals surface area contributed by atoms with E-state index in [9.17, 15) is 27.6 Å². The lowest BCUT2D eigenvalue weighted by Crippen LogP contribution is -2.62. The minimum Gasteiger partial charge on any atom is -0.349 e. The summed E-state index contributed by atoms with van der Waals surface area (Å²) < 4.78 is 38.4. The number of nitrogens with zero attached hydrogens (tertiary/aromatic N) is 4. The highest BCUT2D eigenvalue weighted by Crippen LogP contribution is 2.30. The van der Waals surface area contributed by atoms with Crippen LogP contribution < -0.4 is 10.6 Å². The van der Waals surface area contributed by atoms with Crippen LogP contribution in [0.5, 0.6) is 0 Å². The molecule has 1 aliphatic heterocycles. The smallest absolute Gasteiger partial charge is 0.349 e. The Balaban J connectivity index is 1.48. The van der Waals surface area contributed by atoms with Crippen molar-refractivity contribution in [2.24, 2.45) is 0 Å². The molecule has 3 aromatic rings. The number of piperazine rings is 1. The Labute approximate surface area is 210 Å². The molecule has 4 amide bonds. The lowest BCUT2D eigenvalue weighted by Gasteiger charge is -2.40. The normalized spacial score (nSPS) is 15.7. The lowest BCUT2D eigenvalue weighted by atomic mass is 10.1. The van der Waals surface area contributed by atoms with Gasteiger partial charge in [0.1, 0.15) is 11.7 Å². The number of anilines is 1. The summed E-state index contributed by atoms with van der Waals surface area (Å²) >= 11 is 0. The maximum absolute atomic E-state index is 13.2. The van der Waals surface area contributed by atoms with Gasteiger partial charge in [-0.15, -0.1) is 0 Å². The van der Waals surface area contributed by atoms with Crippen molar-refractivity contribution in [3.8, 4) is 0 Å². The van der Waals surface area contributed by atoms with Crippen LogP contribution in [-0.2, 0) is 17.5 Å². The second kappa shape index (κ2) is 11.1. The molecule has 1 fully saturated rings. The predicted octanol–water partition coefficient (Wildman–Crippen LogP) is 3.17. The zero-order chi connectivity index (χ0) is 26.4. The van der Waals surface area contributed by atoms with Crippen LogP contribution >= 0.6 is 0 Å². The SMILES string of the molecule is O=C(NCc1ccccn1)C1CN(C(=O)Nc2ccc(C(F)(F)F)cc2)CCN1C(=O)c1ccccn1. The number of halogens is 3. The molecule has 37 heavy (non-hydrogen) atoms. The van der Waals surface area contributed by atoms with Gasteiger partial charge < -0.3 is 20.4 Å². The summed E-state index contributed by atoms with van der Waals surface area (Å²) in [6, 6.07) is 12.5. The van der Waals surface area contributed by atoms with E-state index in [4.69, 9.17) is 0 Å². The zero-order valence-corrected chi connectivity index (χ0v) is 19.5. The molecule has 4 rings (SSSR count). The third-order valence-electron chi connectivity index (χ3n) is 5.75. The van der Waals surface area contributed by atoms with Gasteiger partial charge in [-0.2, -0.15) is 13.2 Å². The van der Waals surface area contributed by atoms with Crippen molar-refractivity contribution in [3.05, 3.63) is 90.0 Å². The summed E-state index contributed by atoms with van der Waals surface area (Å²) in [5, 5.41) is 5.30. The zero-order valence-electron chi connectivity index (χ0n) is 19.5. The maximum atomic E-state index is 13.2. The Bertz CT molecular complexity index is 1240. The number of alkyl halides is 3. The molecule has 2 N–H and O–H groups in total. The van der Waals surface area contributed by atoms with Gasteiger partial charge >= 0.3 is 12.2 Å². The standard InChI is InChI=1S/C25H23F3N6O3/c26-25(27,28)17-7-9-18(10-8-17)32-24(37)33-13-14-34(23(36)20-6-2-4-12-30-20)21(16-33)22(35)31-15-19-5-1-3-11-29-19/h1-12,21H,13-16H2,(H,31,35)(H,32,37). The summed E-state index contributed by atoms with van der Waals surface area (Å²) in [6.07, 6.45) is -1.43. The van der Waals surface area contributed by atoms with E-state index in [-0.39, 0.29) is 37.6 Å². The van der Waals surface area contributed by atoms with Gasteiger partial charge in [0.15, 0.2) is 0 Å². The van der Waals surface area contributed by atoms with E-state index in [0.717, 1.165) is 24.3 Å². The molecular weight excluding hydrogens is 489 g/mol. The number of aromatic nitrogens is 2. The van der Waals surface area contributed by atoms with Crippen LogP contribution in [0.3, 0.4) is 0 Å². The number of nitrogens with one attached hydrogen (secondary N) is 2. The van der Waals surface area contributed by atoms with Crippen molar-refractivity contribution in [1.29, 1.82) is 0 Å². The molecule has 0 radical (unpaired) electrons. The van der Waals surface area contributed by atoms with Crippen molar-refractivity contribution in [2.45, 2.75) is 18.8 Å². The monoisotopic (exact) mass is 512 g/mol. The van der Waals surface area contributed by atoms with Crippen LogP contribution in [0.4, 0.5) is 23.7 Å². The topological polar surface area (TPSA) is 108 Å². The number of carbonyl (C=O) groups is 3. The number of amides is 4. The van der Waals surface area contributed by atoms with E-state index in [1.807, 2.05) is 0 Å². The average Bonchev–Trinajstić information content (AvgIpc) is 2.92. The fraction of sp³-hybridized carbons (Fsp3) is 0.240. The molecule has 0 bridgehead atoms. The van der Waals surface area contributed by atoms with Crippen LogP contribution in [0, 0.1) is 0 Å². The van der Waals surface area contributed by atoms with Gasteiger partial charge in [0.2, 0.25) is 5.91 Å². The third kappa shape index (κ3) is 6.40. The molecular formula is C25H23F3N6O3. The van der Waals surface area contributed by atoms with Gasteiger partial charge in [-0.1, -0.05) is 12.1 Å². The lowest BCUT2D eigenvalue weighted by molar-refractivity contribution is -0.137. The maximum Gasteiger partial charge on any atom is 0.416 e. The number of hydrogen-bond acceptors (Lipinski definition) is 5. The first-order chi connectivity index (χ1) is 17.7. The number of rotatable bonds is 5. The van der Waals surface area contributed by atoms with Gasteiger partial charge in [-0.3, -0.25) is 19.6 Å². The fourth-order valence-electron chi connectivity index (χ4n) is 3.81. The molecule has 0 saturated carbocycles. The molecule has 3 heterocycles. The van der Waals surface area contributed by atoms with Crippen LogP contribution in [-0.4, -0.2) is 63.3 Å². The first kappa shape index (κ1) is 25.6. The number of carbonyl (C=O) groups excluding carboxylic acids is 3. The minimum absolute atomic E-state index is 0.0531. The van der Waals surface area contributed by atoms with Crippen LogP contribution in [0.2, 0.25) is 0 Å². The first-order valence-electron chi connectivity index (χ1n) is 11.3. The van der Waals surface area contributed by atoms with E-state index in [2.05, 4.69) is 20.6 Å². The van der Waals surface area contributed by atoms with Crippen molar-refractivity contribution in [3.63, 3.8) is 0 Å². The molecule has 9 nitrogen and oxygen atoms in total. The van der Waals surface area contributed by atoms with Crippen LogP contribution in [0.1, 0.15) is 21.7 Å². The van der Waals surface area contributed by atoms with Crippen molar-refractivity contribution >= 4 is 23.5 Å². The van der Waals surface area contributed by atoms with Crippen molar-refractivity contribution in [1.82, 2.24) is 25.1 Å². The summed E-state index contributed by atoms with van der Waals surface area (Å²) in [6.45, 7) is 0.158. The van der Waals surface area contributed by atoms with E-state index >= 15 is 0 Å². The highest BCUT2D eigenvalue weighted by Gasteiger charge is 2.38. The van der Waals surface area contributed by atoms with E-state index in [0.29, 0.717) is 5.69 Å². The molecule has 1 unspecified atom stereocenters. The summed E-state index contributed by atoms with van der Waals surface area (Å²) in [4.78, 5) is 50.1. The van der Waals surface area contributed by atoms with E-state index in [1.54, 1.807) is 36.5 Å². The van der Waals surface area contributed by atoms with Gasteiger partial charge in [0.05, 0.1) is 24.3 Å². The molecule has 0 aliphatic carbocycles. The Hall–Kier alpha value is -4.48. The molecule has 1 aliphatic rings. The van der Waals surface area contributed by atoms with Gasteiger partial charge in [0.25, 0.3) is 5.91 Å². The average molecular weight is 512 g/mol. The quantitative estimate of drug-likeness (QED) is 0.546. The van der Waals surface area contributed by atoms with Crippen molar-refractivity contribution in [2.75, 3.05) is 25.0 Å². The van der Waals surface area contributed by atoms with Crippen LogP contribution in [0.15, 0.2) is 73.1 Å². The Morgan fingerprint density at radius 2 is 1.62 bits per heavy atom. The van der Waals surface area contributed by atoms with Crippen LogP contribution in [0.25, 0.3) is 0 Å². The highest BCUT2D eigenvalue weighted by molar-refractivity contribution is 5.97. The number of benzene rings is 1. The molecule has 12 heteroatoms. The number of pyridine rings is 2. The largest absolute Gasteiger partial charge is 0.416 e. The minimum atomic E-state index is -4.49. The van der Waals surface area contributed by atoms with Gasteiger partial charge in [-0.25, -0.2) is 4.79 Å². The molecule has 0 spiro atoms. The van der Waals surface area contributed by atoms with Gasteiger partial charge in [0, 0.05) is 31.2 Å². The molecule has 1 atom stereocenters. The molecule has 2 aromatic heterocycles. The molecule has 192 valence electrons. The second-order valence-electron chi connectivity index (χ2n) is 8.22. The second-order valence-corrected chi connectivity index (χ2v) is 8.22. The molecule has 1 saturated heterocycles. The Morgan fingerprint density at radius 3 is 2.24 bits per heavy atom. The van der Waals surface area contributed by atoms with E-state index < -0.39 is 35.6 Å². The third-order valence-corrected chi connectivity index (χ3v) is 5.75. The first-order valence-corrected chi connectivity index (χ1v) is 11.3. The predicted molar refractivity (Wildman–Crippen MR) is 127 cm³/mol. The van der Waals surface area contributed by atoms with E-state index in [1.165, 1.54) is 22.1 Å². The number of urea groups is 1. The van der Waals surface area contributed by atoms with Gasteiger partial charge in [-0.05, 0) is 48.5 Å². The Morgan fingerprint density at radius 1 is 0.919 bits per heavy atom. The fourth-order valence-corrected chi connectivity index (χ4v) is 3.81. The highest BCUT2D eigenvalue weighted by atomic mass is 19.4. The summed E-state index contributed by atoms with van der Waals surface area (Å²) in [7, 11) is 0. The number of hydrogen-bond donors (Lipinski definition) is 2. The Kier molecular flexibility index (Phi) is 7.66.